The molecule has 0 aromatic carbocycles. The molecule has 0 atom stereocenters. The first-order valence-electron chi connectivity index (χ1n) is 4.10. The minimum Gasteiger partial charge on any atom is -0.381 e. The zero-order chi connectivity index (χ0) is 7.82. The van der Waals surface area contributed by atoms with Crippen LogP contribution in [0.25, 0.3) is 0 Å². The Bertz CT molecular complexity index is 66.3. The number of nitrogens with zero attached hydrogens (tertiary/aromatic N) is 1. The number of rotatable bonds is 6. The van der Waals surface area contributed by atoms with Crippen molar-refractivity contribution in [3.63, 3.8) is 0 Å². The molecular formula is C8H19NO. The van der Waals surface area contributed by atoms with E-state index in [2.05, 4.69) is 6.92 Å². The molecule has 2 nitrogen and oxygen atoms in total. The van der Waals surface area contributed by atoms with Crippen molar-refractivity contribution >= 4 is 0 Å². The fraction of sp³-hybridized carbons (Fsp3) is 1.00. The van der Waals surface area contributed by atoms with E-state index in [9.17, 15) is 0 Å². The van der Waals surface area contributed by atoms with Crippen molar-refractivity contribution in [1.82, 2.24) is 4.90 Å². The first kappa shape index (κ1) is 9.92. The Kier molecular flexibility index (Phi) is 6.98. The minimum absolute atomic E-state index is 0.187. The van der Waals surface area contributed by atoms with E-state index >= 15 is 0 Å². The molecule has 0 spiro atoms. The predicted molar refractivity (Wildman–Crippen MR) is 43.9 cm³/mol. The van der Waals surface area contributed by atoms with Crippen LogP contribution in [-0.4, -0.2) is 30.3 Å². The second-order valence-electron chi connectivity index (χ2n) is 2.78. The maximum Gasteiger partial charge on any atom is 0.0954 e. The number of unbranched alkanes of at least 4 members (excludes halogenated alkanes) is 3. The first-order valence-corrected chi connectivity index (χ1v) is 4.10. The third-order valence-electron chi connectivity index (χ3n) is 1.63. The van der Waals surface area contributed by atoms with Gasteiger partial charge < -0.3 is 5.11 Å². The summed E-state index contributed by atoms with van der Waals surface area (Å²) in [6.07, 6.45) is 5.11. The fourth-order valence-corrected chi connectivity index (χ4v) is 0.879. The molecule has 0 saturated carbocycles. The van der Waals surface area contributed by atoms with Crippen LogP contribution in [0.3, 0.4) is 0 Å². The molecule has 0 saturated heterocycles. The van der Waals surface area contributed by atoms with Gasteiger partial charge in [0.05, 0.1) is 6.73 Å². The highest BCUT2D eigenvalue weighted by molar-refractivity contribution is 4.45. The molecule has 0 rings (SSSR count). The summed E-state index contributed by atoms with van der Waals surface area (Å²) in [5, 5.41) is 8.62. The molecule has 0 aromatic rings. The molecule has 1 N–H and O–H groups in total. The van der Waals surface area contributed by atoms with Gasteiger partial charge in [0.2, 0.25) is 0 Å². The van der Waals surface area contributed by atoms with Crippen LogP contribution in [-0.2, 0) is 0 Å². The Morgan fingerprint density at radius 2 is 1.90 bits per heavy atom. The Labute approximate surface area is 63.8 Å². The first-order chi connectivity index (χ1) is 4.81. The van der Waals surface area contributed by atoms with Gasteiger partial charge >= 0.3 is 0 Å². The number of aliphatic hydroxyl groups is 1. The SMILES string of the molecule is CCCCCCN(C)CO. The summed E-state index contributed by atoms with van der Waals surface area (Å²) >= 11 is 0. The molecule has 0 aromatic heterocycles. The Balaban J connectivity index is 2.89. The summed E-state index contributed by atoms with van der Waals surface area (Å²) in [5.74, 6) is 0. The van der Waals surface area contributed by atoms with Crippen LogP contribution in [0.2, 0.25) is 0 Å². The number of hydrogen-bond donors (Lipinski definition) is 1. The molecule has 10 heavy (non-hydrogen) atoms. The van der Waals surface area contributed by atoms with E-state index in [0.717, 1.165) is 6.54 Å². The van der Waals surface area contributed by atoms with E-state index < -0.39 is 0 Å². The molecule has 0 heterocycles. The highest BCUT2D eigenvalue weighted by Crippen LogP contribution is 1.99. The van der Waals surface area contributed by atoms with E-state index in [1.807, 2.05) is 11.9 Å². The van der Waals surface area contributed by atoms with Gasteiger partial charge in [0.25, 0.3) is 0 Å². The quantitative estimate of drug-likeness (QED) is 0.451. The number of aliphatic hydroxyl groups excluding tert-OH is 1. The molecule has 0 aliphatic carbocycles. The maximum atomic E-state index is 8.62. The molecule has 0 radical (unpaired) electrons. The van der Waals surface area contributed by atoms with Crippen molar-refractivity contribution < 1.29 is 5.11 Å². The third-order valence-corrected chi connectivity index (χ3v) is 1.63. The normalized spacial score (nSPS) is 10.8. The molecule has 0 aliphatic rings. The van der Waals surface area contributed by atoms with Crippen LogP contribution in [0.5, 0.6) is 0 Å². The van der Waals surface area contributed by atoms with Crippen molar-refractivity contribution in [2.75, 3.05) is 20.3 Å². The second-order valence-corrected chi connectivity index (χ2v) is 2.78. The summed E-state index contributed by atoms with van der Waals surface area (Å²) in [6.45, 7) is 3.42. The summed E-state index contributed by atoms with van der Waals surface area (Å²) in [6, 6.07) is 0. The average molecular weight is 145 g/mol. The van der Waals surface area contributed by atoms with E-state index in [-0.39, 0.29) is 6.73 Å². The minimum atomic E-state index is 0.187. The average Bonchev–Trinajstić information content (AvgIpc) is 1.98. The zero-order valence-corrected chi connectivity index (χ0v) is 7.14. The van der Waals surface area contributed by atoms with Crippen LogP contribution in [0, 0.1) is 0 Å². The highest BCUT2D eigenvalue weighted by atomic mass is 16.3. The Hall–Kier alpha value is -0.0800. The van der Waals surface area contributed by atoms with Gasteiger partial charge in [-0.2, -0.15) is 0 Å². The number of hydrogen-bond acceptors (Lipinski definition) is 2. The lowest BCUT2D eigenvalue weighted by Crippen LogP contribution is -2.20. The van der Waals surface area contributed by atoms with Gasteiger partial charge in [-0.15, -0.1) is 0 Å². The smallest absolute Gasteiger partial charge is 0.0954 e. The van der Waals surface area contributed by atoms with Crippen molar-refractivity contribution in [3.8, 4) is 0 Å². The predicted octanol–water partition coefficient (Wildman–Crippen LogP) is 1.45. The van der Waals surface area contributed by atoms with Crippen molar-refractivity contribution in [2.45, 2.75) is 32.6 Å². The summed E-state index contributed by atoms with van der Waals surface area (Å²) in [5.41, 5.74) is 0. The molecule has 2 heteroatoms. The lowest BCUT2D eigenvalue weighted by Gasteiger charge is -2.11. The molecule has 0 fully saturated rings. The van der Waals surface area contributed by atoms with Crippen LogP contribution in [0.15, 0.2) is 0 Å². The van der Waals surface area contributed by atoms with E-state index in [0.29, 0.717) is 0 Å². The lowest BCUT2D eigenvalue weighted by molar-refractivity contribution is 0.131. The van der Waals surface area contributed by atoms with Gasteiger partial charge in [-0.25, -0.2) is 0 Å². The molecule has 62 valence electrons. The monoisotopic (exact) mass is 145 g/mol. The fourth-order valence-electron chi connectivity index (χ4n) is 0.879. The van der Waals surface area contributed by atoms with Crippen molar-refractivity contribution in [3.05, 3.63) is 0 Å². The topological polar surface area (TPSA) is 23.5 Å². The molecule has 0 unspecified atom stereocenters. The zero-order valence-electron chi connectivity index (χ0n) is 7.14. The summed E-state index contributed by atoms with van der Waals surface area (Å²) in [4.78, 5) is 1.93. The summed E-state index contributed by atoms with van der Waals surface area (Å²) < 4.78 is 0. The Morgan fingerprint density at radius 3 is 2.40 bits per heavy atom. The maximum absolute atomic E-state index is 8.62. The van der Waals surface area contributed by atoms with E-state index in [1.165, 1.54) is 25.7 Å². The van der Waals surface area contributed by atoms with Gasteiger partial charge in [0, 0.05) is 0 Å². The van der Waals surface area contributed by atoms with Gasteiger partial charge in [-0.05, 0) is 20.0 Å². The Morgan fingerprint density at radius 1 is 1.20 bits per heavy atom. The van der Waals surface area contributed by atoms with Gasteiger partial charge in [0.1, 0.15) is 0 Å². The third kappa shape index (κ3) is 6.05. The van der Waals surface area contributed by atoms with E-state index in [4.69, 9.17) is 5.11 Å². The molecule has 0 aliphatic heterocycles. The lowest BCUT2D eigenvalue weighted by atomic mass is 10.2. The second kappa shape index (κ2) is 7.03. The summed E-state index contributed by atoms with van der Waals surface area (Å²) in [7, 11) is 1.94. The molecule has 0 bridgehead atoms. The van der Waals surface area contributed by atoms with Crippen LogP contribution >= 0.6 is 0 Å². The standard InChI is InChI=1S/C8H19NO/c1-3-4-5-6-7-9(2)8-10/h10H,3-8H2,1-2H3. The largest absolute Gasteiger partial charge is 0.381 e. The van der Waals surface area contributed by atoms with Gasteiger partial charge in [-0.1, -0.05) is 26.2 Å². The van der Waals surface area contributed by atoms with E-state index in [1.54, 1.807) is 0 Å². The van der Waals surface area contributed by atoms with Crippen molar-refractivity contribution in [1.29, 1.82) is 0 Å². The van der Waals surface area contributed by atoms with Crippen LogP contribution < -0.4 is 0 Å². The van der Waals surface area contributed by atoms with Crippen LogP contribution in [0.4, 0.5) is 0 Å². The van der Waals surface area contributed by atoms with Crippen LogP contribution in [0.1, 0.15) is 32.6 Å². The highest BCUT2D eigenvalue weighted by Gasteiger charge is 1.93. The van der Waals surface area contributed by atoms with Gasteiger partial charge in [-0.3, -0.25) is 4.90 Å². The molecular weight excluding hydrogens is 126 g/mol. The van der Waals surface area contributed by atoms with Gasteiger partial charge in [0.15, 0.2) is 0 Å². The van der Waals surface area contributed by atoms with Crippen molar-refractivity contribution in [2.24, 2.45) is 0 Å². The molecule has 0 amide bonds.